The summed E-state index contributed by atoms with van der Waals surface area (Å²) in [7, 11) is -1.97. The molecule has 49 heavy (non-hydrogen) atoms. The summed E-state index contributed by atoms with van der Waals surface area (Å²) in [6, 6.07) is 20.9. The highest BCUT2D eigenvalue weighted by molar-refractivity contribution is 7.92. The van der Waals surface area contributed by atoms with E-state index in [0.717, 1.165) is 31.4 Å². The Balaban J connectivity index is 0.00000325. The van der Waals surface area contributed by atoms with Gasteiger partial charge in [-0.05, 0) is 63.2 Å². The number of nitrogens with two attached hydrogens (primary N) is 1. The first-order valence-electron chi connectivity index (χ1n) is 15.7. The number of hydrogen-bond acceptors (Lipinski definition) is 8. The Hall–Kier alpha value is -4.17. The molecule has 1 saturated heterocycles. The van der Waals surface area contributed by atoms with Crippen molar-refractivity contribution in [3.05, 3.63) is 89.7 Å². The van der Waals surface area contributed by atoms with E-state index in [4.69, 9.17) is 20.9 Å². The van der Waals surface area contributed by atoms with Crippen LogP contribution in [0.15, 0.2) is 77.7 Å². The summed E-state index contributed by atoms with van der Waals surface area (Å²) in [6.07, 6.45) is 3.26. The molecule has 15 heteroatoms. The zero-order valence-corrected chi connectivity index (χ0v) is 30.0. The predicted octanol–water partition coefficient (Wildman–Crippen LogP) is 4.11. The molecule has 1 atom stereocenters. The van der Waals surface area contributed by atoms with E-state index in [0.29, 0.717) is 34.5 Å². The topological polar surface area (TPSA) is 164 Å². The van der Waals surface area contributed by atoms with Crippen LogP contribution >= 0.6 is 24.8 Å². The molecule has 0 saturated carbocycles. The number of ether oxygens (including phenoxy) is 1. The van der Waals surface area contributed by atoms with Crippen LogP contribution in [0, 0.1) is 5.41 Å². The highest BCUT2D eigenvalue weighted by Crippen LogP contribution is 2.33. The number of sulfonamides is 1. The second-order valence-corrected chi connectivity index (χ2v) is 13.5. The van der Waals surface area contributed by atoms with Gasteiger partial charge in [0.05, 0.1) is 29.3 Å². The van der Waals surface area contributed by atoms with Gasteiger partial charge >= 0.3 is 5.97 Å². The highest BCUT2D eigenvalue weighted by atomic mass is 35.5. The van der Waals surface area contributed by atoms with Crippen LogP contribution in [-0.4, -0.2) is 79.9 Å². The first-order chi connectivity index (χ1) is 22.6. The minimum Gasteiger partial charge on any atom is -0.465 e. The number of carbonyl (C=O) groups excluding carboxylic acids is 2. The van der Waals surface area contributed by atoms with Gasteiger partial charge in [-0.2, -0.15) is 0 Å². The zero-order valence-electron chi connectivity index (χ0n) is 27.5. The minimum atomic E-state index is -4.00. The number of nitrogens with zero attached hydrogens (tertiary/aromatic N) is 4. The van der Waals surface area contributed by atoms with Crippen molar-refractivity contribution in [1.82, 2.24) is 19.8 Å². The fourth-order valence-corrected chi connectivity index (χ4v) is 7.40. The number of para-hydroxylation sites is 1. The van der Waals surface area contributed by atoms with Crippen LogP contribution in [0.1, 0.15) is 43.1 Å². The van der Waals surface area contributed by atoms with Crippen molar-refractivity contribution < 1.29 is 22.7 Å². The molecule has 0 radical (unpaired) electrons. The monoisotopic (exact) mass is 731 g/mol. The molecule has 4 aromatic rings. The number of nitrogen functional groups attached to an aromatic ring is 1. The van der Waals surface area contributed by atoms with Crippen molar-refractivity contribution in [1.29, 1.82) is 5.41 Å². The standard InChI is InChI=1S/C34H41N7O5S.2ClH/c1-3-46-32(43)21-37-31(42)23-40-28-13-9-14-29(33(28)38-30(40)20-24-15-17-25(18-16-24)34(35)36)41(22-26-10-7-8-19-39(26)2)47(44,45)27-11-5-4-6-12-27;;/h4-6,9,11-18,26H,3,7-8,10,19-23H2,1-2H3,(H3,35,36)(H,37,42);2*1H/t26-;;/m0../s1. The number of amidine groups is 1. The fourth-order valence-electron chi connectivity index (χ4n) is 5.87. The second-order valence-electron chi connectivity index (χ2n) is 11.6. The number of rotatable bonds is 13. The van der Waals surface area contributed by atoms with Gasteiger partial charge in [0, 0.05) is 18.0 Å². The maximum Gasteiger partial charge on any atom is 0.325 e. The minimum absolute atomic E-state index is 0. The Kier molecular flexibility index (Phi) is 14.0. The number of halogens is 2. The average molecular weight is 733 g/mol. The summed E-state index contributed by atoms with van der Waals surface area (Å²) in [4.78, 5) is 32.4. The van der Waals surface area contributed by atoms with E-state index in [2.05, 4.69) is 10.2 Å². The molecule has 0 spiro atoms. The van der Waals surface area contributed by atoms with Gasteiger partial charge in [-0.25, -0.2) is 13.4 Å². The molecule has 0 aliphatic carbocycles. The summed E-state index contributed by atoms with van der Waals surface area (Å²) in [6.45, 7) is 2.59. The Morgan fingerprint density at radius 2 is 1.76 bits per heavy atom. The van der Waals surface area contributed by atoms with E-state index >= 15 is 0 Å². The molecule has 12 nitrogen and oxygen atoms in total. The van der Waals surface area contributed by atoms with Gasteiger partial charge in [-0.15, -0.1) is 24.8 Å². The van der Waals surface area contributed by atoms with Crippen molar-refractivity contribution in [2.24, 2.45) is 5.73 Å². The number of carbonyl (C=O) groups is 2. The van der Waals surface area contributed by atoms with Crippen molar-refractivity contribution in [2.45, 2.75) is 50.1 Å². The number of esters is 1. The Labute approximate surface area is 299 Å². The predicted molar refractivity (Wildman–Crippen MR) is 195 cm³/mol. The number of likely N-dealkylation sites (tertiary alicyclic amines) is 1. The summed E-state index contributed by atoms with van der Waals surface area (Å²) >= 11 is 0. The van der Waals surface area contributed by atoms with Gasteiger partial charge < -0.3 is 25.3 Å². The Morgan fingerprint density at radius 1 is 1.04 bits per heavy atom. The molecule has 1 aliphatic rings. The number of likely N-dealkylation sites (N-methyl/N-ethyl adjacent to an activating group) is 1. The van der Waals surface area contributed by atoms with Crippen LogP contribution in [0.4, 0.5) is 5.69 Å². The van der Waals surface area contributed by atoms with Crippen LogP contribution in [-0.2, 0) is 37.3 Å². The zero-order chi connectivity index (χ0) is 33.6. The molecule has 0 bridgehead atoms. The van der Waals surface area contributed by atoms with Gasteiger partial charge in [0.2, 0.25) is 5.91 Å². The van der Waals surface area contributed by atoms with E-state index in [1.165, 1.54) is 4.31 Å². The molecule has 2 heterocycles. The van der Waals surface area contributed by atoms with E-state index in [1.54, 1.807) is 66.1 Å². The first kappa shape index (κ1) is 39.3. The van der Waals surface area contributed by atoms with Gasteiger partial charge in [-0.3, -0.25) is 19.3 Å². The quantitative estimate of drug-likeness (QED) is 0.105. The van der Waals surface area contributed by atoms with Crippen LogP contribution in [0.2, 0.25) is 0 Å². The second kappa shape index (κ2) is 17.5. The van der Waals surface area contributed by atoms with Crippen LogP contribution in [0.25, 0.3) is 11.0 Å². The third kappa shape index (κ3) is 9.30. The number of nitrogens with one attached hydrogen (secondary N) is 2. The molecule has 1 amide bonds. The smallest absolute Gasteiger partial charge is 0.325 e. The number of hydrogen-bond donors (Lipinski definition) is 3. The van der Waals surface area contributed by atoms with Crippen molar-refractivity contribution in [3.8, 4) is 0 Å². The average Bonchev–Trinajstić information content (AvgIpc) is 3.40. The van der Waals surface area contributed by atoms with Crippen molar-refractivity contribution in [2.75, 3.05) is 37.6 Å². The molecular weight excluding hydrogens is 689 g/mol. The van der Waals surface area contributed by atoms with E-state index in [-0.39, 0.29) is 67.8 Å². The Morgan fingerprint density at radius 3 is 2.41 bits per heavy atom. The Bertz CT molecular complexity index is 1850. The number of aromatic nitrogens is 2. The van der Waals surface area contributed by atoms with Crippen molar-refractivity contribution in [3.63, 3.8) is 0 Å². The first-order valence-corrected chi connectivity index (χ1v) is 17.1. The molecule has 1 fully saturated rings. The van der Waals surface area contributed by atoms with Gasteiger partial charge in [0.15, 0.2) is 0 Å². The highest BCUT2D eigenvalue weighted by Gasteiger charge is 2.32. The third-order valence-electron chi connectivity index (χ3n) is 8.40. The molecule has 1 aliphatic heterocycles. The lowest BCUT2D eigenvalue weighted by atomic mass is 10.0. The number of benzene rings is 3. The van der Waals surface area contributed by atoms with Crippen LogP contribution in [0.5, 0.6) is 0 Å². The SMILES string of the molecule is CCOC(=O)CNC(=O)Cn1c(Cc2ccc(C(=N)N)cc2)nc2c(N(C[C@@H]3CCCCN3C)S(=O)(=O)c3ccccc3)cccc21.Cl.Cl. The summed E-state index contributed by atoms with van der Waals surface area (Å²) in [5.74, 6) is -0.483. The number of piperidine rings is 1. The number of fused-ring (bicyclic) bond motifs is 1. The number of imidazole rings is 1. The van der Waals surface area contributed by atoms with Crippen LogP contribution < -0.4 is 15.4 Å². The summed E-state index contributed by atoms with van der Waals surface area (Å²) < 4.78 is 36.8. The van der Waals surface area contributed by atoms with Crippen LogP contribution in [0.3, 0.4) is 0 Å². The molecule has 5 rings (SSSR count). The maximum absolute atomic E-state index is 14.3. The lowest BCUT2D eigenvalue weighted by molar-refractivity contribution is -0.143. The van der Waals surface area contributed by atoms with Gasteiger partial charge in [0.1, 0.15) is 30.3 Å². The summed E-state index contributed by atoms with van der Waals surface area (Å²) in [5, 5.41) is 10.3. The summed E-state index contributed by atoms with van der Waals surface area (Å²) in [5.41, 5.74) is 8.53. The molecule has 0 unspecified atom stereocenters. The van der Waals surface area contributed by atoms with E-state index in [1.807, 2.05) is 25.2 Å². The molecule has 1 aromatic heterocycles. The molecule has 4 N–H and O–H groups in total. The van der Waals surface area contributed by atoms with Gasteiger partial charge in [-0.1, -0.05) is 55.0 Å². The molecular formula is C34H43Cl2N7O5S. The van der Waals surface area contributed by atoms with E-state index < -0.39 is 21.9 Å². The third-order valence-corrected chi connectivity index (χ3v) is 10.2. The number of amides is 1. The lowest BCUT2D eigenvalue weighted by Crippen LogP contribution is -2.46. The van der Waals surface area contributed by atoms with Gasteiger partial charge in [0.25, 0.3) is 10.0 Å². The number of anilines is 1. The molecule has 3 aromatic carbocycles. The lowest BCUT2D eigenvalue weighted by Gasteiger charge is -2.36. The largest absolute Gasteiger partial charge is 0.465 e. The fraction of sp³-hybridized carbons (Fsp3) is 0.353. The normalized spacial score (nSPS) is 14.7. The van der Waals surface area contributed by atoms with Crippen molar-refractivity contribution >= 4 is 69.3 Å². The van der Waals surface area contributed by atoms with E-state index in [9.17, 15) is 18.0 Å². The molecule has 264 valence electrons. The maximum atomic E-state index is 14.3.